The first kappa shape index (κ1) is 21.1. The molecule has 1 aromatic carbocycles. The number of nitrogens with zero attached hydrogens (tertiary/aromatic N) is 3. The molecule has 32 heavy (non-hydrogen) atoms. The summed E-state index contributed by atoms with van der Waals surface area (Å²) in [4.78, 5) is 18.4. The fraction of sp³-hybridized carbons (Fsp3) is 0.545. The number of alkyl halides is 2. The Hall–Kier alpha value is -2.78. The fourth-order valence-electron chi connectivity index (χ4n) is 4.76. The van der Waals surface area contributed by atoms with E-state index in [1.54, 1.807) is 10.6 Å². The van der Waals surface area contributed by atoms with Crippen molar-refractivity contribution in [3.8, 4) is 11.6 Å². The van der Waals surface area contributed by atoms with Crippen molar-refractivity contribution in [3.63, 3.8) is 0 Å². The molecular weight excluding hydrogens is 430 g/mol. The van der Waals surface area contributed by atoms with E-state index in [4.69, 9.17) is 9.47 Å². The van der Waals surface area contributed by atoms with Crippen LogP contribution < -0.4 is 20.1 Å². The predicted molar refractivity (Wildman–Crippen MR) is 107 cm³/mol. The molecule has 3 heterocycles. The van der Waals surface area contributed by atoms with E-state index in [1.165, 1.54) is 0 Å². The van der Waals surface area contributed by atoms with Gasteiger partial charge in [-0.25, -0.2) is 22.4 Å². The molecule has 2 fully saturated rings. The standard InChI is InChI=1S/C22H23F4N3O3/c23-16-8-13(9-17(24)20(16)32-15-3-5-22(25,26)6-4-15)12-31-18-10-19-28-7-1-2-14(28)11-29(19)21(30)27-18/h8-10,14-15H,1-7,11-12H2/t14-/m0/s1. The van der Waals surface area contributed by atoms with Crippen molar-refractivity contribution in [1.82, 2.24) is 9.55 Å². The van der Waals surface area contributed by atoms with Crippen molar-refractivity contribution in [3.05, 3.63) is 45.9 Å². The van der Waals surface area contributed by atoms with Crippen molar-refractivity contribution in [1.29, 1.82) is 0 Å². The first-order chi connectivity index (χ1) is 15.3. The number of halogens is 4. The summed E-state index contributed by atoms with van der Waals surface area (Å²) in [6.07, 6.45) is 0.778. The largest absolute Gasteiger partial charge is 0.484 e. The van der Waals surface area contributed by atoms with E-state index in [9.17, 15) is 22.4 Å². The lowest BCUT2D eigenvalue weighted by atomic mass is 9.94. The normalized spacial score (nSPS) is 22.0. The van der Waals surface area contributed by atoms with Gasteiger partial charge in [0.25, 0.3) is 0 Å². The SMILES string of the molecule is O=c1nc(OCc2cc(F)c(OC3CCC(F)(F)CC3)c(F)c2)cc2n1C[C@@H]1CCCN21. The van der Waals surface area contributed by atoms with Gasteiger partial charge in [-0.05, 0) is 43.4 Å². The molecule has 0 bridgehead atoms. The molecule has 172 valence electrons. The van der Waals surface area contributed by atoms with Gasteiger partial charge in [-0.15, -0.1) is 0 Å². The second-order valence-electron chi connectivity index (χ2n) is 8.69. The molecule has 0 radical (unpaired) electrons. The molecule has 10 heteroatoms. The van der Waals surface area contributed by atoms with Gasteiger partial charge >= 0.3 is 5.69 Å². The molecule has 0 amide bonds. The molecule has 0 unspecified atom stereocenters. The van der Waals surface area contributed by atoms with Crippen molar-refractivity contribution < 1.29 is 27.0 Å². The minimum atomic E-state index is -2.75. The zero-order chi connectivity index (χ0) is 22.5. The Morgan fingerprint density at radius 1 is 1.09 bits per heavy atom. The number of ether oxygens (including phenoxy) is 2. The van der Waals surface area contributed by atoms with Crippen LogP contribution in [0, 0.1) is 11.6 Å². The van der Waals surface area contributed by atoms with Crippen LogP contribution in [-0.2, 0) is 13.2 Å². The van der Waals surface area contributed by atoms with Crippen LogP contribution in [0.5, 0.6) is 11.6 Å². The lowest BCUT2D eigenvalue weighted by Crippen LogP contribution is -2.31. The number of aromatic nitrogens is 2. The predicted octanol–water partition coefficient (Wildman–Crippen LogP) is 4.04. The monoisotopic (exact) mass is 453 g/mol. The number of fused-ring (bicyclic) bond motifs is 3. The summed E-state index contributed by atoms with van der Waals surface area (Å²) in [6.45, 7) is 1.28. The molecule has 1 atom stereocenters. The van der Waals surface area contributed by atoms with Gasteiger partial charge in [0.15, 0.2) is 17.4 Å². The topological polar surface area (TPSA) is 56.6 Å². The number of hydrogen-bond donors (Lipinski definition) is 0. The maximum absolute atomic E-state index is 14.5. The van der Waals surface area contributed by atoms with Crippen LogP contribution in [0.15, 0.2) is 23.0 Å². The van der Waals surface area contributed by atoms with E-state index >= 15 is 0 Å². The van der Waals surface area contributed by atoms with E-state index < -0.39 is 35.1 Å². The second kappa shape index (κ2) is 7.97. The minimum Gasteiger partial charge on any atom is -0.484 e. The lowest BCUT2D eigenvalue weighted by molar-refractivity contribution is -0.0590. The molecule has 1 aliphatic carbocycles. The van der Waals surface area contributed by atoms with Crippen LogP contribution in [0.4, 0.5) is 23.4 Å². The molecule has 1 saturated heterocycles. The minimum absolute atomic E-state index is 0.0359. The average molecular weight is 453 g/mol. The highest BCUT2D eigenvalue weighted by Crippen LogP contribution is 2.36. The Labute approximate surface area is 181 Å². The highest BCUT2D eigenvalue weighted by Gasteiger charge is 2.36. The van der Waals surface area contributed by atoms with Crippen LogP contribution in [0.25, 0.3) is 0 Å². The Kier molecular flexibility index (Phi) is 5.25. The van der Waals surface area contributed by atoms with E-state index in [0.29, 0.717) is 12.6 Å². The zero-order valence-corrected chi connectivity index (χ0v) is 17.3. The summed E-state index contributed by atoms with van der Waals surface area (Å²) in [7, 11) is 0. The summed E-state index contributed by atoms with van der Waals surface area (Å²) < 4.78 is 68.0. The molecule has 0 spiro atoms. The number of hydrogen-bond acceptors (Lipinski definition) is 5. The van der Waals surface area contributed by atoms with Gasteiger partial charge in [0, 0.05) is 38.0 Å². The highest BCUT2D eigenvalue weighted by molar-refractivity contribution is 5.48. The van der Waals surface area contributed by atoms with Gasteiger partial charge in [0.05, 0.1) is 6.10 Å². The smallest absolute Gasteiger partial charge is 0.352 e. The first-order valence-corrected chi connectivity index (χ1v) is 10.8. The van der Waals surface area contributed by atoms with Crippen LogP contribution in [0.2, 0.25) is 0 Å². The Morgan fingerprint density at radius 3 is 2.53 bits per heavy atom. The van der Waals surface area contributed by atoms with Crippen molar-refractivity contribution in [2.75, 3.05) is 11.4 Å². The van der Waals surface area contributed by atoms with Gasteiger partial charge in [-0.1, -0.05) is 0 Å². The van der Waals surface area contributed by atoms with E-state index in [1.807, 2.05) is 0 Å². The molecule has 1 saturated carbocycles. The van der Waals surface area contributed by atoms with Crippen molar-refractivity contribution in [2.45, 2.75) is 69.7 Å². The molecule has 6 nitrogen and oxygen atoms in total. The fourth-order valence-corrected chi connectivity index (χ4v) is 4.76. The third-order valence-corrected chi connectivity index (χ3v) is 6.42. The number of anilines is 1. The van der Waals surface area contributed by atoms with Gasteiger partial charge in [-0.3, -0.25) is 4.57 Å². The molecular formula is C22H23F4N3O3. The third kappa shape index (κ3) is 4.02. The summed E-state index contributed by atoms with van der Waals surface area (Å²) in [5.74, 6) is -4.33. The Morgan fingerprint density at radius 2 is 1.81 bits per heavy atom. The Balaban J connectivity index is 1.26. The van der Waals surface area contributed by atoms with Crippen LogP contribution in [0.1, 0.15) is 44.1 Å². The number of benzene rings is 1. The van der Waals surface area contributed by atoms with E-state index in [-0.39, 0.29) is 43.7 Å². The molecule has 2 aromatic rings. The summed E-state index contributed by atoms with van der Waals surface area (Å²) in [6, 6.07) is 4.13. The molecule has 3 aliphatic rings. The van der Waals surface area contributed by atoms with Crippen LogP contribution >= 0.6 is 0 Å². The average Bonchev–Trinajstić information content (AvgIpc) is 3.33. The quantitative estimate of drug-likeness (QED) is 0.640. The van der Waals surface area contributed by atoms with Crippen molar-refractivity contribution in [2.24, 2.45) is 0 Å². The lowest BCUT2D eigenvalue weighted by Gasteiger charge is -2.28. The maximum atomic E-state index is 14.5. The summed E-state index contributed by atoms with van der Waals surface area (Å²) in [5.41, 5.74) is -0.213. The highest BCUT2D eigenvalue weighted by atomic mass is 19.3. The van der Waals surface area contributed by atoms with Crippen LogP contribution in [0.3, 0.4) is 0 Å². The number of rotatable bonds is 5. The molecule has 2 aliphatic heterocycles. The molecule has 0 N–H and O–H groups in total. The van der Waals surface area contributed by atoms with Gasteiger partial charge in [0.1, 0.15) is 12.4 Å². The maximum Gasteiger partial charge on any atom is 0.352 e. The van der Waals surface area contributed by atoms with E-state index in [0.717, 1.165) is 37.3 Å². The van der Waals surface area contributed by atoms with Gasteiger partial charge < -0.3 is 14.4 Å². The Bertz CT molecular complexity index is 1060. The summed E-state index contributed by atoms with van der Waals surface area (Å²) in [5, 5.41) is 0. The van der Waals surface area contributed by atoms with Crippen molar-refractivity contribution >= 4 is 5.82 Å². The second-order valence-corrected chi connectivity index (χ2v) is 8.69. The zero-order valence-electron chi connectivity index (χ0n) is 17.3. The first-order valence-electron chi connectivity index (χ1n) is 10.8. The van der Waals surface area contributed by atoms with Crippen LogP contribution in [-0.4, -0.2) is 34.2 Å². The summed E-state index contributed by atoms with van der Waals surface area (Å²) >= 11 is 0. The molecule has 1 aromatic heterocycles. The van der Waals surface area contributed by atoms with E-state index in [2.05, 4.69) is 9.88 Å². The van der Waals surface area contributed by atoms with Gasteiger partial charge in [-0.2, -0.15) is 4.98 Å². The molecule has 5 rings (SSSR count). The van der Waals surface area contributed by atoms with Gasteiger partial charge in [0.2, 0.25) is 11.8 Å². The third-order valence-electron chi connectivity index (χ3n) is 6.42.